The number of halogens is 1. The fourth-order valence-electron chi connectivity index (χ4n) is 2.16. The molecule has 0 aliphatic rings. The Morgan fingerprint density at radius 2 is 2.00 bits per heavy atom. The van der Waals surface area contributed by atoms with Gasteiger partial charge in [0.25, 0.3) is 0 Å². The molecule has 1 heterocycles. The van der Waals surface area contributed by atoms with Crippen LogP contribution in [-0.4, -0.2) is 23.3 Å². The number of rotatable bonds is 3. The van der Waals surface area contributed by atoms with Gasteiger partial charge in [-0.25, -0.2) is 4.79 Å². The van der Waals surface area contributed by atoms with Crippen LogP contribution in [0.5, 0.6) is 5.75 Å². The number of aromatic nitrogens is 2. The third-order valence-corrected chi connectivity index (χ3v) is 3.62. The van der Waals surface area contributed by atoms with Crippen molar-refractivity contribution in [3.05, 3.63) is 59.6 Å². The first kappa shape index (κ1) is 15.1. The Morgan fingerprint density at radius 3 is 2.78 bits per heavy atom. The van der Waals surface area contributed by atoms with Crippen molar-refractivity contribution in [3.8, 4) is 28.3 Å². The minimum Gasteiger partial charge on any atom is -0.410 e. The van der Waals surface area contributed by atoms with Gasteiger partial charge in [-0.2, -0.15) is 5.10 Å². The summed E-state index contributed by atoms with van der Waals surface area (Å²) in [6.45, 7) is 0. The Morgan fingerprint density at radius 1 is 1.17 bits per heavy atom. The quantitative estimate of drug-likeness (QED) is 0.760. The number of hydrogen-bond acceptors (Lipinski definition) is 3. The third-order valence-electron chi connectivity index (χ3n) is 3.29. The second kappa shape index (κ2) is 6.54. The van der Waals surface area contributed by atoms with Gasteiger partial charge in [-0.1, -0.05) is 41.9 Å². The van der Waals surface area contributed by atoms with Crippen LogP contribution >= 0.6 is 11.6 Å². The summed E-state index contributed by atoms with van der Waals surface area (Å²) in [5.41, 5.74) is 3.28. The van der Waals surface area contributed by atoms with Gasteiger partial charge < -0.3 is 10.1 Å². The van der Waals surface area contributed by atoms with Gasteiger partial charge in [0.15, 0.2) is 0 Å². The number of H-pyrrole nitrogens is 1. The Hall–Kier alpha value is -2.79. The maximum Gasteiger partial charge on any atom is 0.412 e. The fraction of sp³-hybridized carbons (Fsp3) is 0.0588. The van der Waals surface area contributed by atoms with Crippen molar-refractivity contribution < 1.29 is 9.53 Å². The number of hydrogen-bond donors (Lipinski definition) is 2. The normalized spacial score (nSPS) is 10.3. The molecule has 23 heavy (non-hydrogen) atoms. The fourth-order valence-corrected chi connectivity index (χ4v) is 2.40. The van der Waals surface area contributed by atoms with E-state index in [-0.39, 0.29) is 0 Å². The molecule has 0 fully saturated rings. The highest BCUT2D eigenvalue weighted by molar-refractivity contribution is 6.33. The molecule has 3 rings (SSSR count). The summed E-state index contributed by atoms with van der Waals surface area (Å²) in [6, 6.07) is 16.6. The second-order valence-corrected chi connectivity index (χ2v) is 5.22. The molecule has 0 spiro atoms. The summed E-state index contributed by atoms with van der Waals surface area (Å²) < 4.78 is 5.13. The minimum atomic E-state index is -0.513. The molecule has 116 valence electrons. The predicted molar refractivity (Wildman–Crippen MR) is 89.6 cm³/mol. The Kier molecular flexibility index (Phi) is 4.30. The molecular formula is C17H14ClN3O2. The van der Waals surface area contributed by atoms with Crippen LogP contribution in [0.2, 0.25) is 5.02 Å². The van der Waals surface area contributed by atoms with E-state index in [2.05, 4.69) is 15.5 Å². The summed E-state index contributed by atoms with van der Waals surface area (Å²) in [5.74, 6) is 0.448. The zero-order valence-electron chi connectivity index (χ0n) is 12.3. The largest absolute Gasteiger partial charge is 0.412 e. The number of nitrogens with zero attached hydrogens (tertiary/aromatic N) is 1. The molecular weight excluding hydrogens is 314 g/mol. The van der Waals surface area contributed by atoms with E-state index < -0.39 is 6.09 Å². The lowest BCUT2D eigenvalue weighted by molar-refractivity contribution is 0.203. The van der Waals surface area contributed by atoms with Crippen molar-refractivity contribution in [1.82, 2.24) is 15.5 Å². The van der Waals surface area contributed by atoms with Gasteiger partial charge in [0.05, 0.1) is 11.4 Å². The zero-order chi connectivity index (χ0) is 16.2. The third kappa shape index (κ3) is 3.35. The number of carbonyl (C=O) groups excluding carboxylic acids is 1. The number of aromatic amines is 1. The summed E-state index contributed by atoms with van der Waals surface area (Å²) >= 11 is 6.20. The Labute approximate surface area is 138 Å². The van der Waals surface area contributed by atoms with Gasteiger partial charge in [-0.3, -0.25) is 5.10 Å². The molecule has 0 aliphatic heterocycles. The molecule has 2 aromatic carbocycles. The van der Waals surface area contributed by atoms with Crippen molar-refractivity contribution in [3.63, 3.8) is 0 Å². The number of nitrogens with one attached hydrogen (secondary N) is 2. The van der Waals surface area contributed by atoms with E-state index in [1.54, 1.807) is 18.2 Å². The minimum absolute atomic E-state index is 0.448. The van der Waals surface area contributed by atoms with E-state index in [9.17, 15) is 4.79 Å². The van der Waals surface area contributed by atoms with Crippen LogP contribution in [0.1, 0.15) is 0 Å². The lowest BCUT2D eigenvalue weighted by Gasteiger charge is -2.04. The standard InChI is InChI=1S/C17H14ClN3O2/c1-19-17(22)23-12-6-4-5-11(9-12)15-10-16(21-20-15)13-7-2-3-8-14(13)18/h2-10H,1H3,(H,19,22)(H,20,21). The van der Waals surface area contributed by atoms with E-state index in [0.717, 1.165) is 22.5 Å². The van der Waals surface area contributed by atoms with E-state index in [4.69, 9.17) is 16.3 Å². The van der Waals surface area contributed by atoms with Crippen molar-refractivity contribution in [1.29, 1.82) is 0 Å². The van der Waals surface area contributed by atoms with Crippen molar-refractivity contribution in [2.75, 3.05) is 7.05 Å². The van der Waals surface area contributed by atoms with Crippen LogP contribution in [0.3, 0.4) is 0 Å². The predicted octanol–water partition coefficient (Wildman–Crippen LogP) is 4.12. The molecule has 3 aromatic rings. The van der Waals surface area contributed by atoms with Crippen molar-refractivity contribution in [2.45, 2.75) is 0 Å². The zero-order valence-corrected chi connectivity index (χ0v) is 13.1. The summed E-state index contributed by atoms with van der Waals surface area (Å²) in [4.78, 5) is 11.3. The lowest BCUT2D eigenvalue weighted by atomic mass is 10.1. The van der Waals surface area contributed by atoms with Gasteiger partial charge in [0.2, 0.25) is 0 Å². The maximum atomic E-state index is 11.3. The average Bonchev–Trinajstić information content (AvgIpc) is 3.05. The molecule has 0 saturated heterocycles. The van der Waals surface area contributed by atoms with E-state index >= 15 is 0 Å². The summed E-state index contributed by atoms with van der Waals surface area (Å²) in [7, 11) is 1.51. The molecule has 0 radical (unpaired) electrons. The van der Waals surface area contributed by atoms with Crippen molar-refractivity contribution >= 4 is 17.7 Å². The first-order chi connectivity index (χ1) is 11.2. The molecule has 1 amide bonds. The van der Waals surface area contributed by atoms with Gasteiger partial charge in [0, 0.05) is 23.2 Å². The molecule has 0 atom stereocenters. The molecule has 0 unspecified atom stereocenters. The van der Waals surface area contributed by atoms with Crippen LogP contribution in [-0.2, 0) is 0 Å². The van der Waals surface area contributed by atoms with Crippen LogP contribution < -0.4 is 10.1 Å². The number of carbonyl (C=O) groups is 1. The van der Waals surface area contributed by atoms with Crippen LogP contribution in [0.15, 0.2) is 54.6 Å². The molecule has 5 nitrogen and oxygen atoms in total. The first-order valence-electron chi connectivity index (χ1n) is 6.97. The molecule has 6 heteroatoms. The van der Waals surface area contributed by atoms with E-state index in [1.807, 2.05) is 36.4 Å². The Bertz CT molecular complexity index is 845. The highest BCUT2D eigenvalue weighted by Crippen LogP contribution is 2.30. The summed E-state index contributed by atoms with van der Waals surface area (Å²) in [5, 5.41) is 10.3. The van der Waals surface area contributed by atoms with Gasteiger partial charge in [-0.15, -0.1) is 0 Å². The molecule has 0 saturated carbocycles. The average molecular weight is 328 g/mol. The van der Waals surface area contributed by atoms with Crippen LogP contribution in [0.4, 0.5) is 4.79 Å². The number of ether oxygens (including phenoxy) is 1. The first-order valence-corrected chi connectivity index (χ1v) is 7.35. The van der Waals surface area contributed by atoms with Crippen LogP contribution in [0, 0.1) is 0 Å². The molecule has 0 aliphatic carbocycles. The van der Waals surface area contributed by atoms with Gasteiger partial charge in [-0.05, 0) is 24.3 Å². The number of benzene rings is 2. The SMILES string of the molecule is CNC(=O)Oc1cccc(-c2cc(-c3ccccc3Cl)[nH]n2)c1. The topological polar surface area (TPSA) is 67.0 Å². The lowest BCUT2D eigenvalue weighted by Crippen LogP contribution is -2.21. The maximum absolute atomic E-state index is 11.3. The summed E-state index contributed by atoms with van der Waals surface area (Å²) in [6.07, 6.45) is -0.513. The highest BCUT2D eigenvalue weighted by Gasteiger charge is 2.10. The monoisotopic (exact) mass is 327 g/mol. The molecule has 1 aromatic heterocycles. The van der Waals surface area contributed by atoms with E-state index in [0.29, 0.717) is 10.8 Å². The van der Waals surface area contributed by atoms with Gasteiger partial charge >= 0.3 is 6.09 Å². The number of amides is 1. The van der Waals surface area contributed by atoms with Gasteiger partial charge in [0.1, 0.15) is 5.75 Å². The highest BCUT2D eigenvalue weighted by atomic mass is 35.5. The molecule has 2 N–H and O–H groups in total. The molecule has 0 bridgehead atoms. The second-order valence-electron chi connectivity index (χ2n) is 4.81. The van der Waals surface area contributed by atoms with E-state index in [1.165, 1.54) is 7.05 Å². The smallest absolute Gasteiger partial charge is 0.410 e. The van der Waals surface area contributed by atoms with Crippen molar-refractivity contribution in [2.24, 2.45) is 0 Å². The van der Waals surface area contributed by atoms with Crippen LogP contribution in [0.25, 0.3) is 22.5 Å². The Balaban J connectivity index is 1.90.